The maximum absolute atomic E-state index is 12.2. The van der Waals surface area contributed by atoms with Crippen molar-refractivity contribution in [1.29, 1.82) is 0 Å². The van der Waals surface area contributed by atoms with Crippen LogP contribution in [0.3, 0.4) is 0 Å². The first-order chi connectivity index (χ1) is 10.1. The van der Waals surface area contributed by atoms with E-state index in [1.807, 2.05) is 0 Å². The Bertz CT molecular complexity index is 646. The third kappa shape index (κ3) is 3.24. The Hall–Kier alpha value is -1.89. The highest BCUT2D eigenvalue weighted by Crippen LogP contribution is 2.23. The molecule has 0 spiro atoms. The molecule has 4 N–H and O–H groups in total. The summed E-state index contributed by atoms with van der Waals surface area (Å²) in [5.74, 6) is 0.242. The number of aromatic nitrogens is 4. The fraction of sp³-hybridized carbons (Fsp3) is 0.643. The minimum atomic E-state index is -0.639. The molecule has 0 radical (unpaired) electrons. The minimum Gasteiger partial charge on any atom is -0.391 e. The lowest BCUT2D eigenvalue weighted by Gasteiger charge is -2.21. The molecule has 0 amide bonds. The van der Waals surface area contributed by atoms with Crippen LogP contribution < -0.4 is 11.4 Å². The zero-order chi connectivity index (χ0) is 15.4. The fourth-order valence-corrected chi connectivity index (χ4v) is 2.63. The molecule has 0 bridgehead atoms. The van der Waals surface area contributed by atoms with Crippen molar-refractivity contribution in [2.24, 2.45) is 0 Å². The van der Waals surface area contributed by atoms with Crippen LogP contribution in [0.5, 0.6) is 0 Å². The number of unbranched alkanes of at least 4 members (excludes halogenated alkanes) is 3. The van der Waals surface area contributed by atoms with E-state index in [1.54, 1.807) is 6.92 Å². The lowest BCUT2D eigenvalue weighted by atomic mass is 10.0. The number of rotatable bonds is 7. The van der Waals surface area contributed by atoms with Crippen LogP contribution >= 0.6 is 0 Å². The van der Waals surface area contributed by atoms with Crippen molar-refractivity contribution in [2.75, 3.05) is 5.73 Å². The summed E-state index contributed by atoms with van der Waals surface area (Å²) in [6, 6.07) is -0.308. The summed E-state index contributed by atoms with van der Waals surface area (Å²) in [5.41, 5.74) is 6.34. The maximum atomic E-state index is 12.2. The van der Waals surface area contributed by atoms with Crippen molar-refractivity contribution in [1.82, 2.24) is 19.5 Å². The van der Waals surface area contributed by atoms with Crippen LogP contribution in [0.4, 0.5) is 5.82 Å². The molecule has 0 aliphatic carbocycles. The Balaban J connectivity index is 2.34. The Labute approximate surface area is 123 Å². The van der Waals surface area contributed by atoms with E-state index >= 15 is 0 Å². The first-order valence-corrected chi connectivity index (χ1v) is 7.45. The molecule has 0 saturated carbocycles. The van der Waals surface area contributed by atoms with Crippen LogP contribution in [-0.4, -0.2) is 30.7 Å². The molecule has 2 atom stereocenters. The zero-order valence-corrected chi connectivity index (χ0v) is 12.5. The highest BCUT2D eigenvalue weighted by atomic mass is 16.3. The smallest absolute Gasteiger partial charge is 0.328 e. The van der Waals surface area contributed by atoms with Gasteiger partial charge in [-0.3, -0.25) is 4.57 Å². The van der Waals surface area contributed by atoms with Crippen molar-refractivity contribution in [3.63, 3.8) is 0 Å². The summed E-state index contributed by atoms with van der Waals surface area (Å²) in [6.45, 7) is 3.84. The SMILES string of the molecule is CCCCCC[C@H]([C@H](C)O)n1c(=O)[nH]c2c(N)ncnc21. The monoisotopic (exact) mass is 293 g/mol. The first kappa shape index (κ1) is 15.5. The Morgan fingerprint density at radius 3 is 2.81 bits per heavy atom. The van der Waals surface area contributed by atoms with Gasteiger partial charge in [0.05, 0.1) is 12.1 Å². The normalized spacial score (nSPS) is 14.4. The maximum Gasteiger partial charge on any atom is 0.328 e. The van der Waals surface area contributed by atoms with Gasteiger partial charge in [0, 0.05) is 0 Å². The van der Waals surface area contributed by atoms with E-state index in [0.29, 0.717) is 11.2 Å². The zero-order valence-electron chi connectivity index (χ0n) is 12.5. The fourth-order valence-electron chi connectivity index (χ4n) is 2.63. The van der Waals surface area contributed by atoms with Gasteiger partial charge in [-0.05, 0) is 13.3 Å². The van der Waals surface area contributed by atoms with Crippen LogP contribution in [0.15, 0.2) is 11.1 Å². The third-order valence-corrected chi connectivity index (χ3v) is 3.78. The van der Waals surface area contributed by atoms with Gasteiger partial charge >= 0.3 is 5.69 Å². The van der Waals surface area contributed by atoms with E-state index in [2.05, 4.69) is 21.9 Å². The van der Waals surface area contributed by atoms with Crippen molar-refractivity contribution in [3.05, 3.63) is 16.8 Å². The number of hydrogen-bond donors (Lipinski definition) is 3. The second-order valence-electron chi connectivity index (χ2n) is 5.41. The number of aromatic amines is 1. The predicted octanol–water partition coefficient (Wildman–Crippen LogP) is 1.59. The summed E-state index contributed by atoms with van der Waals surface area (Å²) in [5, 5.41) is 10.0. The van der Waals surface area contributed by atoms with Crippen molar-refractivity contribution < 1.29 is 5.11 Å². The van der Waals surface area contributed by atoms with Crippen molar-refractivity contribution in [2.45, 2.75) is 58.1 Å². The van der Waals surface area contributed by atoms with Gasteiger partial charge in [-0.1, -0.05) is 32.6 Å². The number of H-pyrrole nitrogens is 1. The largest absolute Gasteiger partial charge is 0.391 e. The Morgan fingerprint density at radius 2 is 2.14 bits per heavy atom. The van der Waals surface area contributed by atoms with Gasteiger partial charge < -0.3 is 15.8 Å². The summed E-state index contributed by atoms with van der Waals surface area (Å²) in [4.78, 5) is 22.9. The van der Waals surface area contributed by atoms with Crippen LogP contribution in [0, 0.1) is 0 Å². The third-order valence-electron chi connectivity index (χ3n) is 3.78. The number of hydrogen-bond acceptors (Lipinski definition) is 5. The van der Waals surface area contributed by atoms with Crippen molar-refractivity contribution in [3.8, 4) is 0 Å². The minimum absolute atomic E-state index is 0.242. The molecule has 0 saturated heterocycles. The van der Waals surface area contributed by atoms with E-state index in [-0.39, 0.29) is 17.5 Å². The molecule has 2 aromatic rings. The molecule has 2 heterocycles. The van der Waals surface area contributed by atoms with Crippen LogP contribution in [0.2, 0.25) is 0 Å². The van der Waals surface area contributed by atoms with E-state index in [4.69, 9.17) is 5.73 Å². The van der Waals surface area contributed by atoms with Gasteiger partial charge in [0.25, 0.3) is 0 Å². The number of nitrogens with one attached hydrogen (secondary N) is 1. The van der Waals surface area contributed by atoms with E-state index in [1.165, 1.54) is 10.9 Å². The van der Waals surface area contributed by atoms with Crippen LogP contribution in [0.1, 0.15) is 52.0 Å². The van der Waals surface area contributed by atoms with Gasteiger partial charge in [0.2, 0.25) is 0 Å². The number of aliphatic hydroxyl groups excluding tert-OH is 1. The number of imidazole rings is 1. The van der Waals surface area contributed by atoms with Gasteiger partial charge in [-0.15, -0.1) is 0 Å². The van der Waals surface area contributed by atoms with Gasteiger partial charge in [0.15, 0.2) is 11.5 Å². The Morgan fingerprint density at radius 1 is 1.38 bits per heavy atom. The van der Waals surface area contributed by atoms with E-state index < -0.39 is 6.10 Å². The lowest BCUT2D eigenvalue weighted by molar-refractivity contribution is 0.123. The standard InChI is InChI=1S/C14H23N5O2/c1-3-4-5-6-7-10(9(2)20)19-13-11(18-14(19)21)12(15)16-8-17-13/h8-10,20H,3-7H2,1-2H3,(H,18,21)(H2,15,16,17)/t9-,10+/m0/s1. The number of nitrogens with two attached hydrogens (primary N) is 1. The summed E-state index contributed by atoms with van der Waals surface area (Å²) < 4.78 is 1.50. The molecular weight excluding hydrogens is 270 g/mol. The van der Waals surface area contributed by atoms with Gasteiger partial charge in [0.1, 0.15) is 11.8 Å². The van der Waals surface area contributed by atoms with Crippen LogP contribution in [-0.2, 0) is 0 Å². The number of aliphatic hydroxyl groups is 1. The molecule has 0 aromatic carbocycles. The molecule has 0 aliphatic heterocycles. The number of fused-ring (bicyclic) bond motifs is 1. The Kier molecular flexibility index (Phi) is 4.95. The van der Waals surface area contributed by atoms with E-state index in [9.17, 15) is 9.90 Å². The predicted molar refractivity (Wildman–Crippen MR) is 82.0 cm³/mol. The lowest BCUT2D eigenvalue weighted by Crippen LogP contribution is -2.29. The molecule has 0 aliphatic rings. The number of nitrogens with zero attached hydrogens (tertiary/aromatic N) is 3. The summed E-state index contributed by atoms with van der Waals surface area (Å²) in [6.07, 6.45) is 5.78. The topological polar surface area (TPSA) is 110 Å². The first-order valence-electron chi connectivity index (χ1n) is 7.45. The van der Waals surface area contributed by atoms with Crippen molar-refractivity contribution >= 4 is 17.0 Å². The second-order valence-corrected chi connectivity index (χ2v) is 5.41. The molecule has 7 heteroatoms. The van der Waals surface area contributed by atoms with Gasteiger partial charge in [-0.25, -0.2) is 14.8 Å². The van der Waals surface area contributed by atoms with E-state index in [0.717, 1.165) is 32.1 Å². The molecule has 116 valence electrons. The molecule has 2 rings (SSSR count). The molecule has 0 unspecified atom stereocenters. The molecule has 7 nitrogen and oxygen atoms in total. The number of anilines is 1. The molecule has 2 aromatic heterocycles. The highest BCUT2D eigenvalue weighted by molar-refractivity contribution is 5.81. The van der Waals surface area contributed by atoms with Crippen LogP contribution in [0.25, 0.3) is 11.2 Å². The summed E-state index contributed by atoms with van der Waals surface area (Å²) >= 11 is 0. The molecular formula is C14H23N5O2. The average molecular weight is 293 g/mol. The number of nitrogen functional groups attached to an aromatic ring is 1. The quantitative estimate of drug-likeness (QED) is 0.671. The summed E-state index contributed by atoms with van der Waals surface area (Å²) in [7, 11) is 0. The molecule has 0 fully saturated rings. The highest BCUT2D eigenvalue weighted by Gasteiger charge is 2.23. The second kappa shape index (κ2) is 6.71. The van der Waals surface area contributed by atoms with Gasteiger partial charge in [-0.2, -0.15) is 0 Å². The average Bonchev–Trinajstić information content (AvgIpc) is 2.77. The molecule has 21 heavy (non-hydrogen) atoms.